The van der Waals surface area contributed by atoms with E-state index in [0.717, 1.165) is 29.3 Å². The maximum Gasteiger partial charge on any atom is 0.416 e. The molecule has 3 rings (SSSR count). The van der Waals surface area contributed by atoms with Gasteiger partial charge in [-0.15, -0.1) is 0 Å². The standard InChI is InChI=1S/C26H22F3NO4/c27-26(28,29)21-8-4-18(5-9-21)20-3-1-2-17(14-20)16-34-22-10-6-19(7-11-22)23(15-25(32)33)24(30)12-13-31/h1-14,23H,15-16,30H2,(H,32,33)/t23-/m0/s1. The van der Waals surface area contributed by atoms with Gasteiger partial charge in [-0.1, -0.05) is 42.5 Å². The van der Waals surface area contributed by atoms with Crippen molar-refractivity contribution < 1.29 is 32.6 Å². The van der Waals surface area contributed by atoms with Crippen LogP contribution >= 0.6 is 0 Å². The molecule has 0 spiro atoms. The molecule has 34 heavy (non-hydrogen) atoms. The molecule has 0 amide bonds. The first-order valence-electron chi connectivity index (χ1n) is 10.3. The lowest BCUT2D eigenvalue weighted by molar-refractivity contribution is -0.138. The summed E-state index contributed by atoms with van der Waals surface area (Å²) >= 11 is 0. The molecule has 176 valence electrons. The van der Waals surface area contributed by atoms with Crippen LogP contribution in [-0.2, 0) is 22.4 Å². The number of aliphatic carboxylic acids is 1. The average molecular weight is 469 g/mol. The van der Waals surface area contributed by atoms with E-state index in [2.05, 4.69) is 0 Å². The van der Waals surface area contributed by atoms with Crippen molar-refractivity contribution in [2.75, 3.05) is 0 Å². The van der Waals surface area contributed by atoms with Gasteiger partial charge in [0.15, 0.2) is 0 Å². The number of benzene rings is 3. The lowest BCUT2D eigenvalue weighted by Crippen LogP contribution is -2.15. The Morgan fingerprint density at radius 1 is 1.00 bits per heavy atom. The van der Waals surface area contributed by atoms with Crippen molar-refractivity contribution in [3.05, 3.63) is 101 Å². The number of nitrogens with two attached hydrogens (primary N) is 1. The Kier molecular flexibility index (Phi) is 7.73. The molecule has 0 aromatic heterocycles. The SMILES string of the molecule is NC(=CC=O)[C@@H](CC(=O)O)c1ccc(OCc2cccc(-c3ccc(C(F)(F)F)cc3)c2)cc1. The number of carbonyl (C=O) groups is 2. The van der Waals surface area contributed by atoms with E-state index in [-0.39, 0.29) is 18.7 Å². The van der Waals surface area contributed by atoms with Gasteiger partial charge in [-0.3, -0.25) is 9.59 Å². The first-order valence-corrected chi connectivity index (χ1v) is 10.3. The van der Waals surface area contributed by atoms with Crippen molar-refractivity contribution in [3.8, 4) is 16.9 Å². The van der Waals surface area contributed by atoms with Gasteiger partial charge >= 0.3 is 12.1 Å². The molecule has 0 fully saturated rings. The number of halogens is 3. The number of allylic oxidation sites excluding steroid dienone is 2. The third-order valence-electron chi connectivity index (χ3n) is 5.20. The number of hydrogen-bond donors (Lipinski definition) is 2. The van der Waals surface area contributed by atoms with Crippen LogP contribution in [0.2, 0.25) is 0 Å². The maximum absolute atomic E-state index is 12.8. The fraction of sp³-hybridized carbons (Fsp3) is 0.154. The molecule has 3 aromatic rings. The molecular weight excluding hydrogens is 447 g/mol. The van der Waals surface area contributed by atoms with Crippen LogP contribution in [0.3, 0.4) is 0 Å². The van der Waals surface area contributed by atoms with Crippen LogP contribution in [0.5, 0.6) is 5.75 Å². The quantitative estimate of drug-likeness (QED) is 0.317. The molecule has 0 unspecified atom stereocenters. The van der Waals surface area contributed by atoms with Crippen LogP contribution in [-0.4, -0.2) is 17.4 Å². The number of alkyl halides is 3. The van der Waals surface area contributed by atoms with E-state index < -0.39 is 23.6 Å². The number of rotatable bonds is 9. The van der Waals surface area contributed by atoms with Crippen LogP contribution in [0, 0.1) is 0 Å². The smallest absolute Gasteiger partial charge is 0.416 e. The lowest BCUT2D eigenvalue weighted by Gasteiger charge is -2.16. The largest absolute Gasteiger partial charge is 0.489 e. The fourth-order valence-electron chi connectivity index (χ4n) is 3.45. The molecule has 0 saturated heterocycles. The van der Waals surface area contributed by atoms with E-state index in [0.29, 0.717) is 23.2 Å². The van der Waals surface area contributed by atoms with Gasteiger partial charge in [-0.25, -0.2) is 0 Å². The maximum atomic E-state index is 12.8. The fourth-order valence-corrected chi connectivity index (χ4v) is 3.45. The summed E-state index contributed by atoms with van der Waals surface area (Å²) in [4.78, 5) is 21.9. The molecule has 3 N–H and O–H groups in total. The van der Waals surface area contributed by atoms with E-state index in [9.17, 15) is 22.8 Å². The topological polar surface area (TPSA) is 89.6 Å². The summed E-state index contributed by atoms with van der Waals surface area (Å²) in [5, 5.41) is 9.14. The molecule has 0 bridgehead atoms. The van der Waals surface area contributed by atoms with Crippen molar-refractivity contribution in [3.63, 3.8) is 0 Å². The zero-order valence-electron chi connectivity index (χ0n) is 18.0. The Hall–Kier alpha value is -4.07. The number of ether oxygens (including phenoxy) is 1. The highest BCUT2D eigenvalue weighted by molar-refractivity contribution is 5.71. The molecule has 0 aliphatic heterocycles. The van der Waals surface area contributed by atoms with E-state index in [4.69, 9.17) is 15.6 Å². The van der Waals surface area contributed by atoms with Crippen LogP contribution in [0.15, 0.2) is 84.6 Å². The first kappa shape index (κ1) is 24.6. The molecule has 3 aromatic carbocycles. The number of carboxylic acids is 1. The molecule has 5 nitrogen and oxygen atoms in total. The Morgan fingerprint density at radius 2 is 1.68 bits per heavy atom. The Morgan fingerprint density at radius 3 is 2.26 bits per heavy atom. The van der Waals surface area contributed by atoms with Gasteiger partial charge in [0.2, 0.25) is 0 Å². The summed E-state index contributed by atoms with van der Waals surface area (Å²) < 4.78 is 44.1. The van der Waals surface area contributed by atoms with E-state index in [1.165, 1.54) is 12.1 Å². The summed E-state index contributed by atoms with van der Waals surface area (Å²) in [7, 11) is 0. The van der Waals surface area contributed by atoms with Crippen LogP contribution in [0.1, 0.15) is 29.0 Å². The molecule has 0 aliphatic carbocycles. The average Bonchev–Trinajstić information content (AvgIpc) is 2.81. The Balaban J connectivity index is 1.69. The van der Waals surface area contributed by atoms with Crippen LogP contribution < -0.4 is 10.5 Å². The summed E-state index contributed by atoms with van der Waals surface area (Å²) in [5.41, 5.74) is 8.19. The summed E-state index contributed by atoms with van der Waals surface area (Å²) in [6.07, 6.45) is -2.98. The van der Waals surface area contributed by atoms with E-state index >= 15 is 0 Å². The Bertz CT molecular complexity index is 1170. The summed E-state index contributed by atoms with van der Waals surface area (Å²) in [5.74, 6) is -1.15. The molecule has 0 heterocycles. The van der Waals surface area contributed by atoms with Gasteiger partial charge in [-0.2, -0.15) is 13.2 Å². The van der Waals surface area contributed by atoms with Gasteiger partial charge in [0.05, 0.1) is 12.0 Å². The second-order valence-corrected chi connectivity index (χ2v) is 7.59. The summed E-state index contributed by atoms with van der Waals surface area (Å²) in [6.45, 7) is 0.222. The third-order valence-corrected chi connectivity index (χ3v) is 5.20. The molecule has 1 atom stereocenters. The van der Waals surface area contributed by atoms with Crippen molar-refractivity contribution in [2.24, 2.45) is 5.73 Å². The monoisotopic (exact) mass is 469 g/mol. The van der Waals surface area contributed by atoms with Crippen molar-refractivity contribution in [1.29, 1.82) is 0 Å². The minimum Gasteiger partial charge on any atom is -0.489 e. The highest BCUT2D eigenvalue weighted by atomic mass is 19.4. The number of aldehydes is 1. The first-order chi connectivity index (χ1) is 16.2. The van der Waals surface area contributed by atoms with Crippen LogP contribution in [0.25, 0.3) is 11.1 Å². The van der Waals surface area contributed by atoms with Crippen molar-refractivity contribution >= 4 is 12.3 Å². The normalized spacial score (nSPS) is 12.7. The third kappa shape index (κ3) is 6.48. The molecular formula is C26H22F3NO4. The summed E-state index contributed by atoms with van der Waals surface area (Å²) in [6, 6.07) is 19.0. The van der Waals surface area contributed by atoms with E-state index in [1.54, 1.807) is 36.4 Å². The molecule has 0 saturated carbocycles. The van der Waals surface area contributed by atoms with Gasteiger partial charge in [-0.05, 0) is 58.7 Å². The highest BCUT2D eigenvalue weighted by Crippen LogP contribution is 2.31. The van der Waals surface area contributed by atoms with Crippen LogP contribution in [0.4, 0.5) is 13.2 Å². The van der Waals surface area contributed by atoms with Gasteiger partial charge in [0.25, 0.3) is 0 Å². The number of carbonyl (C=O) groups excluding carboxylic acids is 1. The van der Waals surface area contributed by atoms with Crippen molar-refractivity contribution in [1.82, 2.24) is 0 Å². The molecule has 0 aliphatic rings. The minimum absolute atomic E-state index is 0.158. The lowest BCUT2D eigenvalue weighted by atomic mass is 9.92. The predicted octanol–water partition coefficient (Wildman–Crippen LogP) is 5.55. The number of hydrogen-bond acceptors (Lipinski definition) is 4. The van der Waals surface area contributed by atoms with Gasteiger partial charge in [0.1, 0.15) is 18.6 Å². The predicted molar refractivity (Wildman–Crippen MR) is 121 cm³/mol. The van der Waals surface area contributed by atoms with Gasteiger partial charge in [0, 0.05) is 11.6 Å². The zero-order valence-corrected chi connectivity index (χ0v) is 18.0. The van der Waals surface area contributed by atoms with Crippen molar-refractivity contribution in [2.45, 2.75) is 25.1 Å². The second kappa shape index (κ2) is 10.7. The minimum atomic E-state index is -4.38. The second-order valence-electron chi connectivity index (χ2n) is 7.59. The zero-order chi connectivity index (χ0) is 24.7. The highest BCUT2D eigenvalue weighted by Gasteiger charge is 2.30. The Labute approximate surface area is 194 Å². The van der Waals surface area contributed by atoms with Gasteiger partial charge < -0.3 is 15.6 Å². The molecule has 8 heteroatoms. The van der Waals surface area contributed by atoms with E-state index in [1.807, 2.05) is 12.1 Å². The molecule has 0 radical (unpaired) electrons. The number of carboxylic acid groups (broad SMARTS) is 1.